The smallest absolute Gasteiger partial charge is 0.256 e. The molecule has 0 saturated heterocycles. The Balaban J connectivity index is 1.64. The average Bonchev–Trinajstić information content (AvgIpc) is 3.42. The first-order valence-corrected chi connectivity index (χ1v) is 14.7. The summed E-state index contributed by atoms with van der Waals surface area (Å²) in [5, 5.41) is 0. The number of nitrogens with zero attached hydrogens (tertiary/aromatic N) is 2. The van der Waals surface area contributed by atoms with Gasteiger partial charge in [0.05, 0.1) is 6.54 Å². The van der Waals surface area contributed by atoms with Gasteiger partial charge in [-0.15, -0.1) is 11.8 Å². The summed E-state index contributed by atoms with van der Waals surface area (Å²) in [6, 6.07) is 15.5. The number of hydrogen-bond acceptors (Lipinski definition) is 4. The van der Waals surface area contributed by atoms with E-state index < -0.39 is 5.54 Å². The van der Waals surface area contributed by atoms with Crippen molar-refractivity contribution in [2.24, 2.45) is 4.99 Å². The maximum atomic E-state index is 13.5. The number of amidine groups is 1. The minimum absolute atomic E-state index is 0.243. The van der Waals surface area contributed by atoms with Gasteiger partial charge in [-0.3, -0.25) is 14.7 Å². The summed E-state index contributed by atoms with van der Waals surface area (Å²) in [5.74, 6) is 3.34. The summed E-state index contributed by atoms with van der Waals surface area (Å²) in [5.41, 5.74) is 4.72. The Morgan fingerprint density at radius 3 is 2.58 bits per heavy atom. The zero-order chi connectivity index (χ0) is 23.3. The molecule has 0 aromatic heterocycles. The van der Waals surface area contributed by atoms with Crippen molar-refractivity contribution >= 4 is 35.3 Å². The van der Waals surface area contributed by atoms with Gasteiger partial charge in [-0.1, -0.05) is 69.5 Å². The Labute approximate surface area is 207 Å². The van der Waals surface area contributed by atoms with Crippen LogP contribution in [0.4, 0.5) is 0 Å². The molecule has 0 N–H and O–H groups in total. The van der Waals surface area contributed by atoms with Gasteiger partial charge < -0.3 is 0 Å². The lowest BCUT2D eigenvalue weighted by atomic mass is 9.96. The lowest BCUT2D eigenvalue weighted by Gasteiger charge is -2.23. The second kappa shape index (κ2) is 11.1. The van der Waals surface area contributed by atoms with Crippen LogP contribution in [-0.2, 0) is 17.1 Å². The van der Waals surface area contributed by atoms with Gasteiger partial charge in [-0.2, -0.15) is 11.8 Å². The lowest BCUT2D eigenvalue weighted by Crippen LogP contribution is -2.40. The van der Waals surface area contributed by atoms with Crippen LogP contribution in [0.25, 0.3) is 11.1 Å². The van der Waals surface area contributed by atoms with Crippen LogP contribution in [0.3, 0.4) is 0 Å². The average molecular weight is 481 g/mol. The van der Waals surface area contributed by atoms with E-state index in [2.05, 4.69) is 62.6 Å². The van der Waals surface area contributed by atoms with Crippen LogP contribution in [0, 0.1) is 0 Å². The lowest BCUT2D eigenvalue weighted by molar-refractivity contribution is -0.131. The third-order valence-corrected chi connectivity index (χ3v) is 8.57. The molecule has 2 aromatic carbocycles. The Morgan fingerprint density at radius 2 is 1.85 bits per heavy atom. The molecule has 5 heteroatoms. The van der Waals surface area contributed by atoms with Gasteiger partial charge in [0, 0.05) is 17.1 Å². The maximum Gasteiger partial charge on any atom is 0.256 e. The zero-order valence-corrected chi connectivity index (χ0v) is 21.9. The first kappa shape index (κ1) is 24.4. The van der Waals surface area contributed by atoms with Gasteiger partial charge in [0.25, 0.3) is 5.91 Å². The third kappa shape index (κ3) is 5.19. The monoisotopic (exact) mass is 480 g/mol. The first-order chi connectivity index (χ1) is 16.1. The van der Waals surface area contributed by atoms with Crippen LogP contribution in [0.2, 0.25) is 0 Å². The largest absolute Gasteiger partial charge is 0.294 e. The molecule has 1 fully saturated rings. The van der Waals surface area contributed by atoms with E-state index >= 15 is 0 Å². The number of hydrogen-bond donors (Lipinski definition) is 0. The summed E-state index contributed by atoms with van der Waals surface area (Å²) in [6.07, 6.45) is 9.32. The number of benzene rings is 2. The second-order valence-corrected chi connectivity index (χ2v) is 11.2. The highest BCUT2D eigenvalue weighted by Crippen LogP contribution is 2.40. The van der Waals surface area contributed by atoms with Crippen molar-refractivity contribution in [3.05, 3.63) is 53.6 Å². The van der Waals surface area contributed by atoms with Gasteiger partial charge in [0.15, 0.2) is 0 Å². The molecule has 1 aliphatic heterocycles. The Hall–Kier alpha value is -1.72. The number of unbranched alkanes of at least 4 members (excludes halogenated alkanes) is 1. The molecule has 2 aliphatic rings. The van der Waals surface area contributed by atoms with Crippen molar-refractivity contribution in [3.8, 4) is 11.1 Å². The fourth-order valence-electron chi connectivity index (χ4n) is 5.09. The molecule has 1 amide bonds. The molecular weight excluding hydrogens is 444 g/mol. The number of amides is 1. The first-order valence-electron chi connectivity index (χ1n) is 12.4. The highest BCUT2D eigenvalue weighted by Gasteiger charge is 2.49. The number of aliphatic imine (C=N–C) groups is 1. The molecule has 1 heterocycles. The van der Waals surface area contributed by atoms with Crippen LogP contribution < -0.4 is 0 Å². The Bertz CT molecular complexity index is 1010. The zero-order valence-electron chi connectivity index (χ0n) is 20.2. The summed E-state index contributed by atoms with van der Waals surface area (Å²) in [4.78, 5) is 21.9. The number of carbonyl (C=O) groups is 1. The summed E-state index contributed by atoms with van der Waals surface area (Å²) in [6.45, 7) is 5.05. The minimum atomic E-state index is -0.457. The number of carbonyl (C=O) groups excluding carboxylic acids is 1. The van der Waals surface area contributed by atoms with Crippen LogP contribution in [-0.4, -0.2) is 34.2 Å². The third-order valence-electron chi connectivity index (χ3n) is 6.85. The van der Waals surface area contributed by atoms with Crippen LogP contribution in [0.15, 0.2) is 52.4 Å². The maximum absolute atomic E-state index is 13.5. The van der Waals surface area contributed by atoms with Gasteiger partial charge >= 0.3 is 0 Å². The molecule has 33 heavy (non-hydrogen) atoms. The number of rotatable bonds is 10. The van der Waals surface area contributed by atoms with Gasteiger partial charge in [0.2, 0.25) is 0 Å². The fraction of sp³-hybridized carbons (Fsp3) is 0.500. The van der Waals surface area contributed by atoms with E-state index in [-0.39, 0.29) is 5.91 Å². The molecule has 1 saturated carbocycles. The van der Waals surface area contributed by atoms with E-state index in [0.717, 1.165) is 62.3 Å². The van der Waals surface area contributed by atoms with E-state index in [1.54, 1.807) is 11.8 Å². The quantitative estimate of drug-likeness (QED) is 0.329. The summed E-state index contributed by atoms with van der Waals surface area (Å²) >= 11 is 3.75. The molecule has 0 radical (unpaired) electrons. The Kier molecular flexibility index (Phi) is 8.24. The van der Waals surface area contributed by atoms with Crippen LogP contribution in [0.5, 0.6) is 0 Å². The van der Waals surface area contributed by atoms with Crippen molar-refractivity contribution in [1.82, 2.24) is 4.90 Å². The Morgan fingerprint density at radius 1 is 1.06 bits per heavy atom. The van der Waals surface area contributed by atoms with Gasteiger partial charge in [0.1, 0.15) is 11.4 Å². The molecular formula is C28H36N2OS2. The molecule has 3 nitrogen and oxygen atoms in total. The molecule has 4 rings (SSSR count). The van der Waals surface area contributed by atoms with E-state index in [4.69, 9.17) is 4.99 Å². The molecule has 0 atom stereocenters. The molecule has 1 spiro atoms. The van der Waals surface area contributed by atoms with Crippen LogP contribution >= 0.6 is 23.5 Å². The van der Waals surface area contributed by atoms with Crippen molar-refractivity contribution in [2.75, 3.05) is 12.0 Å². The second-order valence-electron chi connectivity index (χ2n) is 9.09. The number of thioether (sulfide) groups is 2. The topological polar surface area (TPSA) is 32.7 Å². The predicted molar refractivity (Wildman–Crippen MR) is 144 cm³/mol. The SMILES string of the molecule is CCCCC1=NC2(CCCC2)C(=O)N1Cc1ccc(-c2ccccc2SC)c(CSCC)c1. The van der Waals surface area contributed by atoms with Crippen molar-refractivity contribution in [1.29, 1.82) is 0 Å². The highest BCUT2D eigenvalue weighted by atomic mass is 32.2. The molecule has 0 bridgehead atoms. The molecule has 2 aromatic rings. The van der Waals surface area contributed by atoms with E-state index in [9.17, 15) is 4.79 Å². The van der Waals surface area contributed by atoms with Crippen molar-refractivity contribution in [2.45, 2.75) is 81.5 Å². The van der Waals surface area contributed by atoms with Gasteiger partial charge in [-0.05, 0) is 59.6 Å². The predicted octanol–water partition coefficient (Wildman–Crippen LogP) is 7.57. The normalized spacial score (nSPS) is 17.2. The summed E-state index contributed by atoms with van der Waals surface area (Å²) < 4.78 is 0. The molecule has 1 aliphatic carbocycles. The molecule has 176 valence electrons. The van der Waals surface area contributed by atoms with E-state index in [1.165, 1.54) is 27.1 Å². The minimum Gasteiger partial charge on any atom is -0.294 e. The van der Waals surface area contributed by atoms with Crippen molar-refractivity contribution < 1.29 is 4.79 Å². The standard InChI is InChI=1S/C28H36N2OS2/c1-4-6-13-26-29-28(16-9-10-17-28)27(31)30(26)19-21-14-15-23(22(18-21)20-33-5-2)24-11-7-8-12-25(24)32-3/h7-8,11-12,14-15,18H,4-6,9-10,13,16-17,19-20H2,1-3H3. The van der Waals surface area contributed by atoms with Crippen molar-refractivity contribution in [3.63, 3.8) is 0 Å². The fourth-order valence-corrected chi connectivity index (χ4v) is 6.36. The van der Waals surface area contributed by atoms with E-state index in [0.29, 0.717) is 6.54 Å². The summed E-state index contributed by atoms with van der Waals surface area (Å²) in [7, 11) is 0. The van der Waals surface area contributed by atoms with Gasteiger partial charge in [-0.25, -0.2) is 0 Å². The van der Waals surface area contributed by atoms with E-state index in [1.807, 2.05) is 16.7 Å². The van der Waals surface area contributed by atoms with Crippen LogP contribution in [0.1, 0.15) is 69.9 Å². The highest BCUT2D eigenvalue weighted by molar-refractivity contribution is 7.98. The molecule has 0 unspecified atom stereocenters.